The van der Waals surface area contributed by atoms with E-state index in [0.717, 1.165) is 22.3 Å². The average molecular weight is 411 g/mol. The molecule has 0 heterocycles. The van der Waals surface area contributed by atoms with Gasteiger partial charge in [0.05, 0.1) is 18.8 Å². The summed E-state index contributed by atoms with van der Waals surface area (Å²) in [5, 5.41) is 2.59. The van der Waals surface area contributed by atoms with Crippen LogP contribution in [0, 0.1) is 0 Å². The second kappa shape index (κ2) is 9.30. The van der Waals surface area contributed by atoms with Crippen LogP contribution in [0.1, 0.15) is 44.7 Å². The van der Waals surface area contributed by atoms with E-state index in [2.05, 4.69) is 29.6 Å². The van der Waals surface area contributed by atoms with Gasteiger partial charge in [0.25, 0.3) is 0 Å². The van der Waals surface area contributed by atoms with Crippen LogP contribution >= 0.6 is 0 Å². The number of hydrogen-bond donors (Lipinski definition) is 1. The molecule has 0 aromatic heterocycles. The van der Waals surface area contributed by atoms with Crippen LogP contribution in [0.3, 0.4) is 0 Å². The first kappa shape index (κ1) is 21.8. The molecule has 30 heavy (non-hydrogen) atoms. The highest BCUT2D eigenvalue weighted by atomic mass is 16.6. The molecule has 0 unspecified atom stereocenters. The molecule has 0 aliphatic heterocycles. The third kappa shape index (κ3) is 5.19. The highest BCUT2D eigenvalue weighted by molar-refractivity contribution is 5.82. The number of amides is 1. The summed E-state index contributed by atoms with van der Waals surface area (Å²) in [5.74, 6) is -0.592. The maximum absolute atomic E-state index is 12.5. The summed E-state index contributed by atoms with van der Waals surface area (Å²) in [7, 11) is 0. The summed E-state index contributed by atoms with van der Waals surface area (Å²) in [6.07, 6.45) is -0.674. The SMILES string of the molecule is CCOC(=O)[C@H](COC(C)(C)C)NC(=O)OCC1c2ccccc2-c2ccccc21. The first-order chi connectivity index (χ1) is 14.3. The van der Waals surface area contributed by atoms with Crippen molar-refractivity contribution in [3.05, 3.63) is 59.7 Å². The van der Waals surface area contributed by atoms with Gasteiger partial charge in [0.15, 0.2) is 6.04 Å². The number of carbonyl (C=O) groups is 2. The van der Waals surface area contributed by atoms with Crippen molar-refractivity contribution >= 4 is 12.1 Å². The summed E-state index contributed by atoms with van der Waals surface area (Å²) in [6.45, 7) is 7.75. The molecule has 1 N–H and O–H groups in total. The largest absolute Gasteiger partial charge is 0.464 e. The molecule has 0 fully saturated rings. The number of alkyl carbamates (subject to hydrolysis) is 1. The predicted octanol–water partition coefficient (Wildman–Crippen LogP) is 4.27. The van der Waals surface area contributed by atoms with Crippen molar-refractivity contribution in [3.63, 3.8) is 0 Å². The maximum atomic E-state index is 12.5. The monoisotopic (exact) mass is 411 g/mol. The number of hydrogen-bond acceptors (Lipinski definition) is 5. The van der Waals surface area contributed by atoms with Crippen LogP contribution in [0.4, 0.5) is 4.79 Å². The van der Waals surface area contributed by atoms with E-state index in [-0.39, 0.29) is 25.7 Å². The molecule has 3 rings (SSSR count). The van der Waals surface area contributed by atoms with Crippen LogP contribution in [0.25, 0.3) is 11.1 Å². The zero-order valence-corrected chi connectivity index (χ0v) is 17.9. The Labute approximate surface area is 177 Å². The summed E-state index contributed by atoms with van der Waals surface area (Å²) < 4.78 is 16.2. The van der Waals surface area contributed by atoms with Crippen molar-refractivity contribution in [2.75, 3.05) is 19.8 Å². The quantitative estimate of drug-likeness (QED) is 0.689. The summed E-state index contributed by atoms with van der Waals surface area (Å²) >= 11 is 0. The average Bonchev–Trinajstić information content (AvgIpc) is 3.03. The van der Waals surface area contributed by atoms with E-state index in [0.29, 0.717) is 0 Å². The lowest BCUT2D eigenvalue weighted by Gasteiger charge is -2.24. The Balaban J connectivity index is 1.66. The van der Waals surface area contributed by atoms with Crippen molar-refractivity contribution in [1.29, 1.82) is 0 Å². The molecule has 0 radical (unpaired) electrons. The molecule has 160 valence electrons. The van der Waals surface area contributed by atoms with Crippen LogP contribution in [-0.4, -0.2) is 43.5 Å². The first-order valence-electron chi connectivity index (χ1n) is 10.2. The third-order valence-corrected chi connectivity index (χ3v) is 4.89. The summed E-state index contributed by atoms with van der Waals surface area (Å²) in [4.78, 5) is 24.7. The Morgan fingerprint density at radius 3 is 2.07 bits per heavy atom. The van der Waals surface area contributed by atoms with Gasteiger partial charge in [-0.05, 0) is 49.9 Å². The molecule has 1 amide bonds. The van der Waals surface area contributed by atoms with Gasteiger partial charge in [-0.1, -0.05) is 48.5 Å². The maximum Gasteiger partial charge on any atom is 0.407 e. The fraction of sp³-hybridized carbons (Fsp3) is 0.417. The van der Waals surface area contributed by atoms with E-state index in [9.17, 15) is 9.59 Å². The molecule has 0 saturated heterocycles. The Morgan fingerprint density at radius 1 is 0.967 bits per heavy atom. The van der Waals surface area contributed by atoms with Gasteiger partial charge in [-0.2, -0.15) is 0 Å². The molecule has 0 bridgehead atoms. The lowest BCUT2D eigenvalue weighted by atomic mass is 9.98. The zero-order valence-electron chi connectivity index (χ0n) is 17.9. The standard InChI is InChI=1S/C24H29NO5/c1-5-28-22(26)21(15-30-24(2,3)4)25-23(27)29-14-20-18-12-8-6-10-16(18)17-11-7-9-13-19(17)20/h6-13,20-21H,5,14-15H2,1-4H3,(H,25,27)/t21-/m0/s1. The second-order valence-electron chi connectivity index (χ2n) is 8.20. The van der Waals surface area contributed by atoms with Gasteiger partial charge >= 0.3 is 12.1 Å². The number of esters is 1. The highest BCUT2D eigenvalue weighted by Crippen LogP contribution is 2.44. The van der Waals surface area contributed by atoms with Gasteiger partial charge in [0, 0.05) is 5.92 Å². The Bertz CT molecular complexity index is 857. The molecule has 1 aliphatic rings. The van der Waals surface area contributed by atoms with E-state index < -0.39 is 23.7 Å². The highest BCUT2D eigenvalue weighted by Gasteiger charge is 2.30. The summed E-state index contributed by atoms with van der Waals surface area (Å²) in [6, 6.07) is 15.3. The number of nitrogens with one attached hydrogen (secondary N) is 1. The van der Waals surface area contributed by atoms with Gasteiger partial charge < -0.3 is 19.5 Å². The van der Waals surface area contributed by atoms with Crippen LogP contribution < -0.4 is 5.32 Å². The molecule has 6 nitrogen and oxygen atoms in total. The molecule has 0 spiro atoms. The number of rotatable bonds is 7. The van der Waals surface area contributed by atoms with Crippen LogP contribution in [0.2, 0.25) is 0 Å². The van der Waals surface area contributed by atoms with Gasteiger partial charge in [-0.3, -0.25) is 0 Å². The fourth-order valence-electron chi connectivity index (χ4n) is 3.53. The number of benzene rings is 2. The molecule has 0 saturated carbocycles. The zero-order chi connectivity index (χ0) is 21.7. The van der Waals surface area contributed by atoms with E-state index in [4.69, 9.17) is 14.2 Å². The minimum atomic E-state index is -0.931. The smallest absolute Gasteiger partial charge is 0.407 e. The molecule has 2 aromatic carbocycles. The van der Waals surface area contributed by atoms with E-state index in [1.807, 2.05) is 45.0 Å². The second-order valence-corrected chi connectivity index (χ2v) is 8.20. The van der Waals surface area contributed by atoms with Gasteiger partial charge in [0.2, 0.25) is 0 Å². The van der Waals surface area contributed by atoms with E-state index in [1.54, 1.807) is 6.92 Å². The Hall–Kier alpha value is -2.86. The fourth-order valence-corrected chi connectivity index (χ4v) is 3.53. The van der Waals surface area contributed by atoms with Crippen LogP contribution in [0.15, 0.2) is 48.5 Å². The third-order valence-electron chi connectivity index (χ3n) is 4.89. The number of carbonyl (C=O) groups excluding carboxylic acids is 2. The molecule has 1 aliphatic carbocycles. The predicted molar refractivity (Wildman–Crippen MR) is 114 cm³/mol. The number of fused-ring (bicyclic) bond motifs is 3. The van der Waals surface area contributed by atoms with Crippen molar-refractivity contribution in [2.45, 2.75) is 45.3 Å². The van der Waals surface area contributed by atoms with Gasteiger partial charge in [-0.15, -0.1) is 0 Å². The molecular formula is C24H29NO5. The minimum absolute atomic E-state index is 0.00648. The lowest BCUT2D eigenvalue weighted by Crippen LogP contribution is -2.46. The molecule has 6 heteroatoms. The Kier molecular flexibility index (Phi) is 6.77. The lowest BCUT2D eigenvalue weighted by molar-refractivity contribution is -0.148. The van der Waals surface area contributed by atoms with Gasteiger partial charge in [0.1, 0.15) is 6.61 Å². The first-order valence-corrected chi connectivity index (χ1v) is 10.2. The van der Waals surface area contributed by atoms with Crippen molar-refractivity contribution in [3.8, 4) is 11.1 Å². The minimum Gasteiger partial charge on any atom is -0.464 e. The van der Waals surface area contributed by atoms with Crippen molar-refractivity contribution < 1.29 is 23.8 Å². The van der Waals surface area contributed by atoms with Crippen LogP contribution in [-0.2, 0) is 19.0 Å². The summed E-state index contributed by atoms with van der Waals surface area (Å²) in [5.41, 5.74) is 4.12. The van der Waals surface area contributed by atoms with E-state index >= 15 is 0 Å². The topological polar surface area (TPSA) is 73.9 Å². The normalized spacial score (nSPS) is 13.9. The van der Waals surface area contributed by atoms with E-state index in [1.165, 1.54) is 0 Å². The van der Waals surface area contributed by atoms with Crippen molar-refractivity contribution in [2.24, 2.45) is 0 Å². The van der Waals surface area contributed by atoms with Crippen molar-refractivity contribution in [1.82, 2.24) is 5.32 Å². The Morgan fingerprint density at radius 2 is 1.53 bits per heavy atom. The molecular weight excluding hydrogens is 382 g/mol. The molecule has 2 aromatic rings. The molecule has 1 atom stereocenters. The van der Waals surface area contributed by atoms with Crippen LogP contribution in [0.5, 0.6) is 0 Å². The van der Waals surface area contributed by atoms with Gasteiger partial charge in [-0.25, -0.2) is 9.59 Å². The number of ether oxygens (including phenoxy) is 3.